The maximum Gasteiger partial charge on any atom is 0.234 e. The topological polar surface area (TPSA) is 116 Å². The smallest absolute Gasteiger partial charge is 0.234 e. The van der Waals surface area contributed by atoms with Gasteiger partial charge in [-0.25, -0.2) is 4.98 Å². The number of thiophene rings is 1. The summed E-state index contributed by atoms with van der Waals surface area (Å²) in [4.78, 5) is 17.2. The van der Waals surface area contributed by atoms with Crippen LogP contribution in [0.1, 0.15) is 11.1 Å². The van der Waals surface area contributed by atoms with Gasteiger partial charge in [0.25, 0.3) is 0 Å². The Bertz CT molecular complexity index is 1120. The summed E-state index contributed by atoms with van der Waals surface area (Å²) in [5.74, 6) is -0.232. The van der Waals surface area contributed by atoms with Gasteiger partial charge >= 0.3 is 0 Å². The number of carbonyl (C=O) groups is 1. The van der Waals surface area contributed by atoms with Gasteiger partial charge in [-0.2, -0.15) is 10.5 Å². The molecule has 3 aromatic rings. The SMILES string of the molecule is N#Cc1c(N)nc(SCC(=O)Nc2cccc(Cl)c2)c(C#N)c1-c1cccs1. The fourth-order valence-electron chi connectivity index (χ4n) is 2.47. The third kappa shape index (κ3) is 4.26. The Morgan fingerprint density at radius 2 is 2.04 bits per heavy atom. The number of halogens is 1. The van der Waals surface area contributed by atoms with E-state index in [1.165, 1.54) is 11.3 Å². The minimum Gasteiger partial charge on any atom is -0.383 e. The van der Waals surface area contributed by atoms with E-state index in [4.69, 9.17) is 17.3 Å². The zero-order chi connectivity index (χ0) is 20.1. The van der Waals surface area contributed by atoms with Gasteiger partial charge in [-0.15, -0.1) is 11.3 Å². The summed E-state index contributed by atoms with van der Waals surface area (Å²) in [5.41, 5.74) is 7.35. The van der Waals surface area contributed by atoms with Gasteiger partial charge in [0, 0.05) is 21.2 Å². The number of nitriles is 2. The van der Waals surface area contributed by atoms with Crippen LogP contribution in [0.15, 0.2) is 46.8 Å². The molecule has 2 aromatic heterocycles. The van der Waals surface area contributed by atoms with Crippen molar-refractivity contribution < 1.29 is 4.79 Å². The number of amides is 1. The van der Waals surface area contributed by atoms with Crippen LogP contribution in [0, 0.1) is 22.7 Å². The molecule has 0 saturated heterocycles. The Labute approximate surface area is 174 Å². The zero-order valence-corrected chi connectivity index (χ0v) is 16.7. The van der Waals surface area contributed by atoms with Crippen LogP contribution in [0.3, 0.4) is 0 Å². The molecule has 2 heterocycles. The summed E-state index contributed by atoms with van der Waals surface area (Å²) < 4.78 is 0. The molecule has 9 heteroatoms. The molecule has 3 N–H and O–H groups in total. The fraction of sp³-hybridized carbons (Fsp3) is 0.0526. The highest BCUT2D eigenvalue weighted by atomic mass is 35.5. The summed E-state index contributed by atoms with van der Waals surface area (Å²) >= 11 is 8.39. The summed E-state index contributed by atoms with van der Waals surface area (Å²) in [6.45, 7) is 0. The zero-order valence-electron chi connectivity index (χ0n) is 14.3. The van der Waals surface area contributed by atoms with Crippen LogP contribution >= 0.6 is 34.7 Å². The molecule has 0 fully saturated rings. The largest absolute Gasteiger partial charge is 0.383 e. The first-order valence-electron chi connectivity index (χ1n) is 7.89. The number of hydrogen-bond donors (Lipinski definition) is 2. The first-order chi connectivity index (χ1) is 13.5. The van der Waals surface area contributed by atoms with Crippen LogP contribution in [0.25, 0.3) is 10.4 Å². The summed E-state index contributed by atoms with van der Waals surface area (Å²) in [6.07, 6.45) is 0. The molecule has 0 bridgehead atoms. The maximum atomic E-state index is 12.3. The van der Waals surface area contributed by atoms with Crippen LogP contribution < -0.4 is 11.1 Å². The van der Waals surface area contributed by atoms with Crippen molar-refractivity contribution in [2.24, 2.45) is 0 Å². The summed E-state index contributed by atoms with van der Waals surface area (Å²) in [7, 11) is 0. The van der Waals surface area contributed by atoms with E-state index in [1.807, 2.05) is 17.5 Å². The molecule has 0 aliphatic rings. The summed E-state index contributed by atoms with van der Waals surface area (Å²) in [5, 5.41) is 24.5. The third-order valence-electron chi connectivity index (χ3n) is 3.63. The second-order valence-corrected chi connectivity index (χ2v) is 7.82. The molecule has 138 valence electrons. The third-order valence-corrected chi connectivity index (χ3v) is 5.73. The minimum atomic E-state index is -0.279. The van der Waals surface area contributed by atoms with E-state index in [0.29, 0.717) is 21.3 Å². The Hall–Kier alpha value is -3.04. The van der Waals surface area contributed by atoms with E-state index in [9.17, 15) is 15.3 Å². The van der Waals surface area contributed by atoms with Crippen molar-refractivity contribution in [2.75, 3.05) is 16.8 Å². The molecule has 0 radical (unpaired) electrons. The molecule has 0 saturated carbocycles. The van der Waals surface area contributed by atoms with Gasteiger partial charge in [0.05, 0.1) is 11.3 Å². The van der Waals surface area contributed by atoms with Gasteiger partial charge < -0.3 is 11.1 Å². The van der Waals surface area contributed by atoms with E-state index >= 15 is 0 Å². The number of nitrogen functional groups attached to an aromatic ring is 1. The number of anilines is 2. The normalized spacial score (nSPS) is 10.1. The average molecular weight is 426 g/mol. The van der Waals surface area contributed by atoms with Gasteiger partial charge in [0.2, 0.25) is 5.91 Å². The Balaban J connectivity index is 1.87. The van der Waals surface area contributed by atoms with E-state index in [-0.39, 0.29) is 28.6 Å². The van der Waals surface area contributed by atoms with E-state index in [0.717, 1.165) is 16.6 Å². The van der Waals surface area contributed by atoms with Gasteiger partial charge in [0.1, 0.15) is 28.5 Å². The minimum absolute atomic E-state index is 0.0173. The van der Waals surface area contributed by atoms with Gasteiger partial charge in [-0.3, -0.25) is 4.79 Å². The van der Waals surface area contributed by atoms with Crippen molar-refractivity contribution in [3.05, 3.63) is 57.9 Å². The molecule has 0 atom stereocenters. The molecular formula is C19H12ClN5OS2. The second kappa shape index (κ2) is 8.77. The van der Waals surface area contributed by atoms with Crippen LogP contribution in [0.5, 0.6) is 0 Å². The van der Waals surface area contributed by atoms with Crippen molar-refractivity contribution in [1.29, 1.82) is 10.5 Å². The Kier molecular flexibility index (Phi) is 6.17. The molecular weight excluding hydrogens is 414 g/mol. The molecule has 0 aliphatic carbocycles. The number of carbonyl (C=O) groups excluding carboxylic acids is 1. The van der Waals surface area contributed by atoms with Crippen LogP contribution in [0.2, 0.25) is 5.02 Å². The highest BCUT2D eigenvalue weighted by Gasteiger charge is 2.21. The molecule has 0 unspecified atom stereocenters. The number of hydrogen-bond acceptors (Lipinski definition) is 7. The van der Waals surface area contributed by atoms with Gasteiger partial charge in [-0.05, 0) is 29.6 Å². The Morgan fingerprint density at radius 1 is 1.25 bits per heavy atom. The van der Waals surface area contributed by atoms with Gasteiger partial charge in [-0.1, -0.05) is 35.5 Å². The quantitative estimate of drug-likeness (QED) is 0.580. The summed E-state index contributed by atoms with van der Waals surface area (Å²) in [6, 6.07) is 14.6. The van der Waals surface area contributed by atoms with E-state index < -0.39 is 0 Å². The molecule has 0 aliphatic heterocycles. The first kappa shape index (κ1) is 19.7. The number of nitrogens with one attached hydrogen (secondary N) is 1. The fourth-order valence-corrected chi connectivity index (χ4v) is 4.24. The lowest BCUT2D eigenvalue weighted by Crippen LogP contribution is -2.14. The predicted molar refractivity (Wildman–Crippen MR) is 112 cm³/mol. The van der Waals surface area contributed by atoms with Crippen LogP contribution in [-0.4, -0.2) is 16.6 Å². The molecule has 6 nitrogen and oxygen atoms in total. The van der Waals surface area contributed by atoms with Crippen LogP contribution in [0.4, 0.5) is 11.5 Å². The lowest BCUT2D eigenvalue weighted by Gasteiger charge is -2.11. The molecule has 0 spiro atoms. The predicted octanol–water partition coefficient (Wildman–Crippen LogP) is 4.52. The maximum absolute atomic E-state index is 12.3. The Morgan fingerprint density at radius 3 is 2.68 bits per heavy atom. The number of aromatic nitrogens is 1. The van der Waals surface area contributed by atoms with Gasteiger partial charge in [0.15, 0.2) is 0 Å². The van der Waals surface area contributed by atoms with Crippen molar-refractivity contribution in [1.82, 2.24) is 4.98 Å². The number of benzene rings is 1. The lowest BCUT2D eigenvalue weighted by molar-refractivity contribution is -0.113. The molecule has 28 heavy (non-hydrogen) atoms. The first-order valence-corrected chi connectivity index (χ1v) is 10.1. The number of nitrogens with two attached hydrogens (primary N) is 1. The number of thioether (sulfide) groups is 1. The van der Waals surface area contributed by atoms with Crippen LogP contribution in [-0.2, 0) is 4.79 Å². The number of pyridine rings is 1. The monoisotopic (exact) mass is 425 g/mol. The molecule has 1 aromatic carbocycles. The van der Waals surface area contributed by atoms with Crippen molar-refractivity contribution in [3.63, 3.8) is 0 Å². The second-order valence-electron chi connectivity index (χ2n) is 5.48. The highest BCUT2D eigenvalue weighted by molar-refractivity contribution is 8.00. The van der Waals surface area contributed by atoms with Crippen molar-refractivity contribution in [3.8, 4) is 22.6 Å². The van der Waals surface area contributed by atoms with Crippen molar-refractivity contribution in [2.45, 2.75) is 5.03 Å². The van der Waals surface area contributed by atoms with E-state index in [1.54, 1.807) is 30.3 Å². The number of rotatable bonds is 5. The standard InChI is InChI=1S/C19H12ClN5OS2/c20-11-3-1-4-12(7-11)24-16(26)10-28-19-14(9-22)17(15-5-2-6-27-15)13(8-21)18(23)25-19/h1-7H,10H2,(H2,23,25)(H,24,26). The number of nitrogens with zero attached hydrogens (tertiary/aromatic N) is 3. The molecule has 3 rings (SSSR count). The lowest BCUT2D eigenvalue weighted by atomic mass is 10.0. The average Bonchev–Trinajstić information content (AvgIpc) is 3.20. The highest BCUT2D eigenvalue weighted by Crippen LogP contribution is 2.37. The molecule has 1 amide bonds. The van der Waals surface area contributed by atoms with Crippen molar-refractivity contribution >= 4 is 52.1 Å². The van der Waals surface area contributed by atoms with E-state index in [2.05, 4.69) is 16.4 Å².